The summed E-state index contributed by atoms with van der Waals surface area (Å²) in [5.74, 6) is -0.961. The van der Waals surface area contributed by atoms with Crippen molar-refractivity contribution in [1.29, 1.82) is 0 Å². The van der Waals surface area contributed by atoms with Gasteiger partial charge in [-0.25, -0.2) is 0 Å². The molecular weight excluding hydrogens is 417 g/mol. The Bertz CT molecular complexity index is 895. The van der Waals surface area contributed by atoms with E-state index in [0.717, 1.165) is 22.7 Å². The SMILES string of the molecule is O=C(O)C[C@@H]1C[C@H](c2cccc(Cl)c2)[C@@H](C(c2ccc(Cl)s2)C2CC2)NC1=O. The quantitative estimate of drug-likeness (QED) is 0.642. The summed E-state index contributed by atoms with van der Waals surface area (Å²) >= 11 is 14.0. The number of carboxylic acids is 1. The molecule has 1 aromatic heterocycles. The third kappa shape index (κ3) is 4.22. The molecule has 1 aliphatic heterocycles. The standard InChI is InChI=1S/C21H21Cl2NO3S/c22-14-3-1-2-12(8-14)15-9-13(10-18(25)26)21(27)24-20(15)19(11-4-5-11)16-6-7-17(23)28-16/h1-3,6-8,11,13,15,19-20H,4-5,9-10H2,(H,24,27)(H,25,26)/t13-,15+,19?,20-/m0/s1. The van der Waals surface area contributed by atoms with E-state index in [-0.39, 0.29) is 30.2 Å². The summed E-state index contributed by atoms with van der Waals surface area (Å²) in [6, 6.07) is 11.5. The zero-order valence-electron chi connectivity index (χ0n) is 15.1. The van der Waals surface area contributed by atoms with Crippen LogP contribution >= 0.6 is 34.5 Å². The Morgan fingerprint density at radius 2 is 2.04 bits per heavy atom. The highest BCUT2D eigenvalue weighted by molar-refractivity contribution is 7.16. The predicted molar refractivity (Wildman–Crippen MR) is 111 cm³/mol. The van der Waals surface area contributed by atoms with Crippen LogP contribution in [0, 0.1) is 11.8 Å². The lowest BCUT2D eigenvalue weighted by Crippen LogP contribution is -2.52. The maximum atomic E-state index is 12.7. The average molecular weight is 438 g/mol. The van der Waals surface area contributed by atoms with Gasteiger partial charge in [-0.05, 0) is 55.0 Å². The average Bonchev–Trinajstić information content (AvgIpc) is 3.38. The van der Waals surface area contributed by atoms with E-state index in [1.165, 1.54) is 4.88 Å². The molecule has 4 nitrogen and oxygen atoms in total. The van der Waals surface area contributed by atoms with Gasteiger partial charge in [-0.15, -0.1) is 11.3 Å². The van der Waals surface area contributed by atoms with E-state index in [9.17, 15) is 14.7 Å². The largest absolute Gasteiger partial charge is 0.481 e. The number of benzene rings is 1. The number of rotatable bonds is 6. The number of carboxylic acid groups (broad SMARTS) is 1. The lowest BCUT2D eigenvalue weighted by atomic mass is 9.72. The van der Waals surface area contributed by atoms with Gasteiger partial charge in [-0.2, -0.15) is 0 Å². The highest BCUT2D eigenvalue weighted by atomic mass is 35.5. The lowest BCUT2D eigenvalue weighted by Gasteiger charge is -2.41. The Morgan fingerprint density at radius 3 is 2.64 bits per heavy atom. The summed E-state index contributed by atoms with van der Waals surface area (Å²) in [7, 11) is 0. The number of hydrogen-bond donors (Lipinski definition) is 2. The number of carbonyl (C=O) groups is 2. The zero-order valence-corrected chi connectivity index (χ0v) is 17.4. The van der Waals surface area contributed by atoms with E-state index in [0.29, 0.717) is 17.4 Å². The van der Waals surface area contributed by atoms with Crippen LogP contribution in [0.4, 0.5) is 0 Å². The van der Waals surface area contributed by atoms with Gasteiger partial charge in [0.15, 0.2) is 0 Å². The second-order valence-corrected chi connectivity index (χ2v) is 9.91. The summed E-state index contributed by atoms with van der Waals surface area (Å²) in [5.41, 5.74) is 1.04. The molecule has 148 valence electrons. The van der Waals surface area contributed by atoms with Crippen LogP contribution in [0.3, 0.4) is 0 Å². The van der Waals surface area contributed by atoms with Crippen LogP contribution in [0.5, 0.6) is 0 Å². The van der Waals surface area contributed by atoms with Crippen molar-refractivity contribution in [3.8, 4) is 0 Å². The van der Waals surface area contributed by atoms with Crippen molar-refractivity contribution in [3.05, 3.63) is 56.2 Å². The molecule has 1 saturated carbocycles. The number of halogens is 2. The Kier molecular flexibility index (Phi) is 5.68. The molecule has 0 bridgehead atoms. The van der Waals surface area contributed by atoms with Crippen LogP contribution < -0.4 is 5.32 Å². The fourth-order valence-electron chi connectivity index (χ4n) is 4.42. The van der Waals surface area contributed by atoms with Crippen molar-refractivity contribution in [2.24, 2.45) is 11.8 Å². The number of amides is 1. The van der Waals surface area contributed by atoms with Crippen LogP contribution in [0.2, 0.25) is 9.36 Å². The van der Waals surface area contributed by atoms with Crippen LogP contribution in [0.25, 0.3) is 0 Å². The number of aliphatic carboxylic acids is 1. The van der Waals surface area contributed by atoms with Gasteiger partial charge < -0.3 is 10.4 Å². The molecule has 2 aliphatic rings. The van der Waals surface area contributed by atoms with E-state index in [4.69, 9.17) is 23.2 Å². The molecular formula is C21H21Cl2NO3S. The number of carbonyl (C=O) groups excluding carboxylic acids is 1. The summed E-state index contributed by atoms with van der Waals surface area (Å²) in [4.78, 5) is 25.2. The molecule has 2 fully saturated rings. The minimum atomic E-state index is -0.952. The summed E-state index contributed by atoms with van der Waals surface area (Å²) in [6.45, 7) is 0. The van der Waals surface area contributed by atoms with E-state index >= 15 is 0 Å². The second kappa shape index (κ2) is 8.05. The monoisotopic (exact) mass is 437 g/mol. The second-order valence-electron chi connectivity index (χ2n) is 7.73. The molecule has 2 heterocycles. The maximum Gasteiger partial charge on any atom is 0.304 e. The number of thiophene rings is 1. The topological polar surface area (TPSA) is 66.4 Å². The highest BCUT2D eigenvalue weighted by Crippen LogP contribution is 2.51. The van der Waals surface area contributed by atoms with E-state index < -0.39 is 11.9 Å². The molecule has 0 spiro atoms. The third-order valence-electron chi connectivity index (χ3n) is 5.79. The number of hydrogen-bond acceptors (Lipinski definition) is 3. The minimum Gasteiger partial charge on any atom is -0.481 e. The molecule has 2 N–H and O–H groups in total. The van der Waals surface area contributed by atoms with Gasteiger partial charge in [-0.3, -0.25) is 9.59 Å². The Hall–Kier alpha value is -1.56. The van der Waals surface area contributed by atoms with Gasteiger partial charge in [0.05, 0.1) is 10.8 Å². The summed E-state index contributed by atoms with van der Waals surface area (Å²) < 4.78 is 0.742. The van der Waals surface area contributed by atoms with E-state index in [1.54, 1.807) is 11.3 Å². The first-order valence-electron chi connectivity index (χ1n) is 9.45. The molecule has 4 rings (SSSR count). The molecule has 1 unspecified atom stereocenters. The zero-order chi connectivity index (χ0) is 19.8. The molecule has 2 aromatic rings. The van der Waals surface area contributed by atoms with Gasteiger partial charge in [-0.1, -0.05) is 35.3 Å². The molecule has 1 aliphatic carbocycles. The van der Waals surface area contributed by atoms with Crippen molar-refractivity contribution in [3.63, 3.8) is 0 Å². The summed E-state index contributed by atoms with van der Waals surface area (Å²) in [5, 5.41) is 13.1. The van der Waals surface area contributed by atoms with Crippen molar-refractivity contribution in [2.45, 2.75) is 43.6 Å². The van der Waals surface area contributed by atoms with Gasteiger partial charge in [0.2, 0.25) is 5.91 Å². The number of piperidine rings is 1. The molecule has 28 heavy (non-hydrogen) atoms. The summed E-state index contributed by atoms with van der Waals surface area (Å²) in [6.07, 6.45) is 2.61. The van der Waals surface area contributed by atoms with Crippen LogP contribution in [-0.2, 0) is 9.59 Å². The molecule has 0 radical (unpaired) electrons. The van der Waals surface area contributed by atoms with Gasteiger partial charge in [0, 0.05) is 33.7 Å². The van der Waals surface area contributed by atoms with Crippen LogP contribution in [0.1, 0.15) is 48.0 Å². The van der Waals surface area contributed by atoms with Crippen LogP contribution in [0.15, 0.2) is 36.4 Å². The van der Waals surface area contributed by atoms with E-state index in [1.807, 2.05) is 30.3 Å². The Morgan fingerprint density at radius 1 is 1.25 bits per heavy atom. The first kappa shape index (κ1) is 19.7. The van der Waals surface area contributed by atoms with Crippen molar-refractivity contribution in [1.82, 2.24) is 5.32 Å². The minimum absolute atomic E-state index is 0.00669. The van der Waals surface area contributed by atoms with Crippen molar-refractivity contribution in [2.75, 3.05) is 0 Å². The Labute approximate surface area is 177 Å². The van der Waals surface area contributed by atoms with Gasteiger partial charge in [0.25, 0.3) is 0 Å². The predicted octanol–water partition coefficient (Wildman–Crippen LogP) is 5.31. The first-order valence-corrected chi connectivity index (χ1v) is 11.0. The lowest BCUT2D eigenvalue weighted by molar-refractivity contribution is -0.142. The maximum absolute atomic E-state index is 12.7. The normalized spacial score (nSPS) is 25.9. The van der Waals surface area contributed by atoms with Crippen LogP contribution in [-0.4, -0.2) is 23.0 Å². The van der Waals surface area contributed by atoms with Gasteiger partial charge >= 0.3 is 5.97 Å². The Balaban J connectivity index is 1.71. The molecule has 4 atom stereocenters. The number of nitrogens with one attached hydrogen (secondary N) is 1. The fraction of sp³-hybridized carbons (Fsp3) is 0.429. The van der Waals surface area contributed by atoms with Crippen molar-refractivity contribution >= 4 is 46.4 Å². The highest BCUT2D eigenvalue weighted by Gasteiger charge is 2.46. The first-order chi connectivity index (χ1) is 13.4. The van der Waals surface area contributed by atoms with Crippen molar-refractivity contribution < 1.29 is 14.7 Å². The fourth-order valence-corrected chi connectivity index (χ4v) is 5.92. The third-order valence-corrected chi connectivity index (χ3v) is 7.36. The molecule has 1 aromatic carbocycles. The molecule has 1 amide bonds. The smallest absolute Gasteiger partial charge is 0.304 e. The molecule has 1 saturated heterocycles. The van der Waals surface area contributed by atoms with Gasteiger partial charge in [0.1, 0.15) is 0 Å². The van der Waals surface area contributed by atoms with E-state index in [2.05, 4.69) is 11.4 Å². The molecule has 7 heteroatoms.